The summed E-state index contributed by atoms with van der Waals surface area (Å²) in [4.78, 5) is 24.8. The number of fused-ring (bicyclic) bond motifs is 3. The van der Waals surface area contributed by atoms with Gasteiger partial charge >= 0.3 is 0 Å². The van der Waals surface area contributed by atoms with Gasteiger partial charge in [0.15, 0.2) is 11.2 Å². The van der Waals surface area contributed by atoms with E-state index in [0.717, 1.165) is 17.4 Å². The number of carbonyl (C=O) groups is 1. The van der Waals surface area contributed by atoms with Gasteiger partial charge < -0.3 is 9.73 Å². The quantitative estimate of drug-likeness (QED) is 0.937. The molecule has 4 atom stereocenters. The monoisotopic (exact) mass is 325 g/mol. The number of aryl methyl sites for hydroxylation is 1. The van der Waals surface area contributed by atoms with Crippen molar-refractivity contribution >= 4 is 16.9 Å². The smallest absolute Gasteiger partial charge is 0.287 e. The van der Waals surface area contributed by atoms with Gasteiger partial charge in [0.1, 0.15) is 5.58 Å². The zero-order chi connectivity index (χ0) is 16.8. The van der Waals surface area contributed by atoms with Crippen LogP contribution >= 0.6 is 0 Å². The summed E-state index contributed by atoms with van der Waals surface area (Å²) in [6, 6.07) is 6.85. The van der Waals surface area contributed by atoms with Crippen molar-refractivity contribution in [2.24, 2.45) is 17.8 Å². The molecule has 2 fully saturated rings. The number of hydrogen-bond acceptors (Lipinski definition) is 3. The molecule has 2 bridgehead atoms. The topological polar surface area (TPSA) is 59.3 Å². The number of amides is 1. The van der Waals surface area contributed by atoms with Crippen LogP contribution < -0.4 is 10.7 Å². The van der Waals surface area contributed by atoms with Gasteiger partial charge in [-0.25, -0.2) is 0 Å². The van der Waals surface area contributed by atoms with Crippen LogP contribution in [0.3, 0.4) is 0 Å². The molecule has 2 aliphatic rings. The maximum Gasteiger partial charge on any atom is 0.287 e. The van der Waals surface area contributed by atoms with E-state index >= 15 is 0 Å². The maximum absolute atomic E-state index is 12.5. The Morgan fingerprint density at radius 1 is 1.25 bits per heavy atom. The minimum Gasteiger partial charge on any atom is -0.451 e. The van der Waals surface area contributed by atoms with E-state index in [-0.39, 0.29) is 23.1 Å². The van der Waals surface area contributed by atoms with E-state index in [4.69, 9.17) is 4.42 Å². The first kappa shape index (κ1) is 15.4. The Morgan fingerprint density at radius 3 is 2.79 bits per heavy atom. The molecule has 1 aromatic heterocycles. The van der Waals surface area contributed by atoms with E-state index < -0.39 is 0 Å². The van der Waals surface area contributed by atoms with Gasteiger partial charge in [0.25, 0.3) is 5.91 Å². The highest BCUT2D eigenvalue weighted by atomic mass is 16.3. The standard InChI is InChI=1S/C20H23NO3/c1-11-3-6-18-16(7-11)17(22)10-19(24-18)20(23)21-12(2)15-9-13-4-5-14(15)8-13/h3,6-7,10,12-15H,4-5,8-9H2,1-2H3,(H,21,23)/t12-,13+,14+,15+/m1/s1. The first-order chi connectivity index (χ1) is 11.5. The highest BCUT2D eigenvalue weighted by molar-refractivity contribution is 5.93. The molecule has 4 nitrogen and oxygen atoms in total. The summed E-state index contributed by atoms with van der Waals surface area (Å²) in [5.74, 6) is 1.97. The van der Waals surface area contributed by atoms with Crippen molar-refractivity contribution in [3.05, 3.63) is 45.8 Å². The largest absolute Gasteiger partial charge is 0.451 e. The molecule has 0 radical (unpaired) electrons. The number of hydrogen-bond donors (Lipinski definition) is 1. The van der Waals surface area contributed by atoms with E-state index in [1.165, 1.54) is 31.7 Å². The third-order valence-corrected chi connectivity index (χ3v) is 5.90. The van der Waals surface area contributed by atoms with Crippen LogP contribution in [-0.4, -0.2) is 11.9 Å². The van der Waals surface area contributed by atoms with Gasteiger partial charge in [-0.2, -0.15) is 0 Å². The Hall–Kier alpha value is -2.10. The minimum absolute atomic E-state index is 0.103. The first-order valence-electron chi connectivity index (χ1n) is 8.86. The van der Waals surface area contributed by atoms with Crippen LogP contribution in [0.5, 0.6) is 0 Å². The van der Waals surface area contributed by atoms with Crippen molar-refractivity contribution < 1.29 is 9.21 Å². The summed E-state index contributed by atoms with van der Waals surface area (Å²) < 4.78 is 5.67. The second-order valence-electron chi connectivity index (χ2n) is 7.58. The zero-order valence-electron chi connectivity index (χ0n) is 14.2. The van der Waals surface area contributed by atoms with Gasteiger partial charge in [0.2, 0.25) is 0 Å². The predicted octanol–water partition coefficient (Wildman–Crippen LogP) is 3.66. The Morgan fingerprint density at radius 2 is 2.08 bits per heavy atom. The van der Waals surface area contributed by atoms with Gasteiger partial charge in [-0.1, -0.05) is 18.1 Å². The zero-order valence-corrected chi connectivity index (χ0v) is 14.2. The van der Waals surface area contributed by atoms with Crippen LogP contribution in [0.4, 0.5) is 0 Å². The van der Waals surface area contributed by atoms with Crippen LogP contribution in [-0.2, 0) is 0 Å². The molecule has 0 unspecified atom stereocenters. The number of benzene rings is 1. The summed E-state index contributed by atoms with van der Waals surface area (Å²) in [5.41, 5.74) is 1.29. The molecule has 1 aromatic carbocycles. The first-order valence-corrected chi connectivity index (χ1v) is 8.86. The second-order valence-corrected chi connectivity index (χ2v) is 7.58. The van der Waals surface area contributed by atoms with E-state index in [1.54, 1.807) is 12.1 Å². The summed E-state index contributed by atoms with van der Waals surface area (Å²) in [7, 11) is 0. The molecule has 2 aromatic rings. The van der Waals surface area contributed by atoms with Crippen LogP contribution in [0.25, 0.3) is 11.0 Å². The van der Waals surface area contributed by atoms with Gasteiger partial charge in [0.05, 0.1) is 5.39 Å². The molecule has 0 spiro atoms. The summed E-state index contributed by atoms with van der Waals surface area (Å²) in [6.45, 7) is 4.00. The fourth-order valence-electron chi connectivity index (χ4n) is 4.67. The molecule has 0 saturated heterocycles. The fraction of sp³-hybridized carbons (Fsp3) is 0.500. The Labute approximate surface area is 141 Å². The number of nitrogens with one attached hydrogen (secondary N) is 1. The van der Waals surface area contributed by atoms with Crippen LogP contribution in [0.2, 0.25) is 0 Å². The molecule has 1 heterocycles. The SMILES string of the molecule is Cc1ccc2oc(C(=O)N[C@H](C)[C@@H]3C[C@H]4CC[C@H]3C4)cc(=O)c2c1. The lowest BCUT2D eigenvalue weighted by molar-refractivity contribution is 0.0887. The molecule has 24 heavy (non-hydrogen) atoms. The van der Waals surface area contributed by atoms with Crippen molar-refractivity contribution in [1.82, 2.24) is 5.32 Å². The normalized spacial score (nSPS) is 26.7. The molecule has 4 rings (SSSR count). The lowest BCUT2D eigenvalue weighted by Gasteiger charge is -2.28. The van der Waals surface area contributed by atoms with E-state index in [0.29, 0.717) is 16.9 Å². The van der Waals surface area contributed by atoms with Gasteiger partial charge in [-0.3, -0.25) is 9.59 Å². The Balaban J connectivity index is 1.55. The summed E-state index contributed by atoms with van der Waals surface area (Å²) in [5, 5.41) is 3.58. The number of rotatable bonds is 3. The molecule has 4 heteroatoms. The molecule has 1 N–H and O–H groups in total. The van der Waals surface area contributed by atoms with Crippen molar-refractivity contribution in [3.63, 3.8) is 0 Å². The van der Waals surface area contributed by atoms with E-state index in [2.05, 4.69) is 12.2 Å². The highest BCUT2D eigenvalue weighted by Gasteiger charge is 2.42. The lowest BCUT2D eigenvalue weighted by Crippen LogP contribution is -2.40. The highest BCUT2D eigenvalue weighted by Crippen LogP contribution is 2.49. The van der Waals surface area contributed by atoms with Crippen molar-refractivity contribution in [2.75, 3.05) is 0 Å². The molecule has 126 valence electrons. The van der Waals surface area contributed by atoms with E-state index in [9.17, 15) is 9.59 Å². The van der Waals surface area contributed by atoms with Crippen molar-refractivity contribution in [3.8, 4) is 0 Å². The third kappa shape index (κ3) is 2.64. The van der Waals surface area contributed by atoms with Gasteiger partial charge in [-0.05, 0) is 63.0 Å². The van der Waals surface area contributed by atoms with Crippen LogP contribution in [0.15, 0.2) is 33.5 Å². The van der Waals surface area contributed by atoms with Crippen LogP contribution in [0, 0.1) is 24.7 Å². The summed E-state index contributed by atoms with van der Waals surface area (Å²) >= 11 is 0. The predicted molar refractivity (Wildman–Crippen MR) is 93.1 cm³/mol. The molecular formula is C20H23NO3. The molecule has 2 aliphatic carbocycles. The van der Waals surface area contributed by atoms with Gasteiger partial charge in [-0.15, -0.1) is 0 Å². The molecule has 0 aliphatic heterocycles. The van der Waals surface area contributed by atoms with Crippen LogP contribution in [0.1, 0.15) is 48.7 Å². The Kier molecular flexibility index (Phi) is 3.70. The Bertz CT molecular complexity index is 854. The van der Waals surface area contributed by atoms with Gasteiger partial charge in [0, 0.05) is 12.1 Å². The molecule has 1 amide bonds. The maximum atomic E-state index is 12.5. The molecular weight excluding hydrogens is 302 g/mol. The number of carbonyl (C=O) groups excluding carboxylic acids is 1. The average molecular weight is 325 g/mol. The van der Waals surface area contributed by atoms with E-state index in [1.807, 2.05) is 13.0 Å². The van der Waals surface area contributed by atoms with Crippen molar-refractivity contribution in [2.45, 2.75) is 45.6 Å². The molecule has 2 saturated carbocycles. The minimum atomic E-state index is -0.287. The lowest BCUT2D eigenvalue weighted by atomic mass is 9.84. The summed E-state index contributed by atoms with van der Waals surface area (Å²) in [6.07, 6.45) is 5.17. The average Bonchev–Trinajstić information content (AvgIpc) is 3.18. The second kappa shape index (κ2) is 5.76. The fourth-order valence-corrected chi connectivity index (χ4v) is 4.67. The third-order valence-electron chi connectivity index (χ3n) is 5.90. The van der Waals surface area contributed by atoms with Crippen molar-refractivity contribution in [1.29, 1.82) is 0 Å².